The molecule has 0 bridgehead atoms. The minimum atomic E-state index is -0.756. The van der Waals surface area contributed by atoms with E-state index >= 15 is 0 Å². The summed E-state index contributed by atoms with van der Waals surface area (Å²) in [5.74, 6) is -0.319. The Morgan fingerprint density at radius 1 is 1.35 bits per heavy atom. The normalized spacial score (nSPS) is 23.5. The first-order valence-corrected chi connectivity index (χ1v) is 7.47. The molecule has 1 fully saturated rings. The van der Waals surface area contributed by atoms with E-state index in [-0.39, 0.29) is 5.82 Å². The molecule has 1 aliphatic rings. The Balaban J connectivity index is 2.05. The van der Waals surface area contributed by atoms with Crippen LogP contribution in [0, 0.1) is 5.82 Å². The van der Waals surface area contributed by atoms with Crippen LogP contribution >= 0.6 is 0 Å². The fraction of sp³-hybridized carbons (Fsp3) is 0.625. The molecule has 2 unspecified atom stereocenters. The SMILES string of the molecule is CCC1CN(C)CCCN1CC(O)c1ccccc1F. The summed E-state index contributed by atoms with van der Waals surface area (Å²) >= 11 is 0. The summed E-state index contributed by atoms with van der Waals surface area (Å²) in [4.78, 5) is 4.64. The zero-order valence-electron chi connectivity index (χ0n) is 12.4. The van der Waals surface area contributed by atoms with E-state index < -0.39 is 6.10 Å². The smallest absolute Gasteiger partial charge is 0.129 e. The molecule has 1 aromatic rings. The maximum absolute atomic E-state index is 13.7. The van der Waals surface area contributed by atoms with Crippen molar-refractivity contribution in [2.45, 2.75) is 31.9 Å². The Morgan fingerprint density at radius 3 is 2.80 bits per heavy atom. The highest BCUT2D eigenvalue weighted by molar-refractivity contribution is 5.20. The lowest BCUT2D eigenvalue weighted by atomic mass is 10.1. The van der Waals surface area contributed by atoms with Gasteiger partial charge >= 0.3 is 0 Å². The minimum Gasteiger partial charge on any atom is -0.387 e. The third-order valence-corrected chi connectivity index (χ3v) is 4.17. The second-order valence-corrected chi connectivity index (χ2v) is 5.71. The van der Waals surface area contributed by atoms with E-state index in [9.17, 15) is 9.50 Å². The Hall–Kier alpha value is -0.970. The van der Waals surface area contributed by atoms with Crippen LogP contribution in [0.15, 0.2) is 24.3 Å². The number of likely N-dealkylation sites (N-methyl/N-ethyl adjacent to an activating group) is 1. The van der Waals surface area contributed by atoms with Crippen LogP contribution in [0.2, 0.25) is 0 Å². The number of aliphatic hydroxyl groups excluding tert-OH is 1. The zero-order chi connectivity index (χ0) is 14.5. The maximum Gasteiger partial charge on any atom is 0.129 e. The number of aliphatic hydroxyl groups is 1. The fourth-order valence-corrected chi connectivity index (χ4v) is 2.99. The van der Waals surface area contributed by atoms with Gasteiger partial charge in [-0.05, 0) is 39.0 Å². The highest BCUT2D eigenvalue weighted by Gasteiger charge is 2.25. The molecular formula is C16H25FN2O. The van der Waals surface area contributed by atoms with Crippen LogP contribution in [0.3, 0.4) is 0 Å². The van der Waals surface area contributed by atoms with Gasteiger partial charge in [-0.1, -0.05) is 25.1 Å². The molecule has 112 valence electrons. The topological polar surface area (TPSA) is 26.7 Å². The molecule has 0 aromatic heterocycles. The van der Waals surface area contributed by atoms with Gasteiger partial charge in [-0.25, -0.2) is 4.39 Å². The van der Waals surface area contributed by atoms with Gasteiger partial charge in [-0.15, -0.1) is 0 Å². The molecule has 1 saturated heterocycles. The minimum absolute atomic E-state index is 0.319. The van der Waals surface area contributed by atoms with Crippen molar-refractivity contribution in [3.63, 3.8) is 0 Å². The molecule has 20 heavy (non-hydrogen) atoms. The van der Waals surface area contributed by atoms with Crippen LogP contribution in [0.5, 0.6) is 0 Å². The van der Waals surface area contributed by atoms with Crippen molar-refractivity contribution in [1.82, 2.24) is 9.80 Å². The largest absolute Gasteiger partial charge is 0.387 e. The standard InChI is InChI=1S/C16H25FN2O/c1-3-13-11-18(2)9-6-10-19(13)12-16(20)14-7-4-5-8-15(14)17/h4-5,7-8,13,16,20H,3,6,9-12H2,1-2H3. The van der Waals surface area contributed by atoms with Gasteiger partial charge in [0.15, 0.2) is 0 Å². The number of hydrogen-bond acceptors (Lipinski definition) is 3. The summed E-state index contributed by atoms with van der Waals surface area (Å²) in [6.45, 7) is 5.75. The number of hydrogen-bond donors (Lipinski definition) is 1. The molecule has 4 heteroatoms. The maximum atomic E-state index is 13.7. The van der Waals surface area contributed by atoms with E-state index in [2.05, 4.69) is 23.8 Å². The van der Waals surface area contributed by atoms with Gasteiger partial charge in [-0.3, -0.25) is 4.90 Å². The van der Waals surface area contributed by atoms with Crippen molar-refractivity contribution in [3.8, 4) is 0 Å². The Bertz CT molecular complexity index is 427. The first kappa shape index (κ1) is 15.4. The predicted molar refractivity (Wildman–Crippen MR) is 79.1 cm³/mol. The number of rotatable bonds is 4. The van der Waals surface area contributed by atoms with Crippen LogP contribution in [0.25, 0.3) is 0 Å². The quantitative estimate of drug-likeness (QED) is 0.916. The molecule has 1 heterocycles. The molecule has 1 N–H and O–H groups in total. The summed E-state index contributed by atoms with van der Waals surface area (Å²) in [6.07, 6.45) is 1.39. The molecule has 0 saturated carbocycles. The van der Waals surface area contributed by atoms with Crippen LogP contribution in [-0.4, -0.2) is 54.2 Å². The molecular weight excluding hydrogens is 255 g/mol. The third kappa shape index (κ3) is 3.78. The lowest BCUT2D eigenvalue weighted by molar-refractivity contribution is 0.0831. The van der Waals surface area contributed by atoms with E-state index in [0.717, 1.165) is 32.5 Å². The van der Waals surface area contributed by atoms with E-state index in [1.54, 1.807) is 18.2 Å². The van der Waals surface area contributed by atoms with Crippen molar-refractivity contribution in [1.29, 1.82) is 0 Å². The van der Waals surface area contributed by atoms with Crippen LogP contribution < -0.4 is 0 Å². The molecule has 0 spiro atoms. The molecule has 1 aliphatic heterocycles. The Labute approximate surface area is 121 Å². The van der Waals surface area contributed by atoms with Crippen molar-refractivity contribution >= 4 is 0 Å². The van der Waals surface area contributed by atoms with Crippen LogP contribution in [0.1, 0.15) is 31.4 Å². The monoisotopic (exact) mass is 280 g/mol. The summed E-state index contributed by atoms with van der Waals surface area (Å²) in [7, 11) is 2.14. The number of halogens is 1. The molecule has 0 amide bonds. The van der Waals surface area contributed by atoms with Gasteiger partial charge in [0, 0.05) is 24.7 Å². The molecule has 2 rings (SSSR count). The highest BCUT2D eigenvalue weighted by Crippen LogP contribution is 2.21. The summed E-state index contributed by atoms with van der Waals surface area (Å²) in [5, 5.41) is 10.3. The molecule has 1 aromatic carbocycles. The second kappa shape index (κ2) is 7.16. The van der Waals surface area contributed by atoms with Gasteiger partial charge in [0.1, 0.15) is 5.82 Å². The van der Waals surface area contributed by atoms with E-state index in [0.29, 0.717) is 18.2 Å². The molecule has 2 atom stereocenters. The molecule has 0 aliphatic carbocycles. The molecule has 3 nitrogen and oxygen atoms in total. The van der Waals surface area contributed by atoms with E-state index in [4.69, 9.17) is 0 Å². The summed E-state index contributed by atoms with van der Waals surface area (Å²) in [6, 6.07) is 6.94. The second-order valence-electron chi connectivity index (χ2n) is 5.71. The van der Waals surface area contributed by atoms with Gasteiger partial charge < -0.3 is 10.0 Å². The van der Waals surface area contributed by atoms with Gasteiger partial charge in [-0.2, -0.15) is 0 Å². The first-order chi connectivity index (χ1) is 9.61. The van der Waals surface area contributed by atoms with Gasteiger partial charge in [0.25, 0.3) is 0 Å². The first-order valence-electron chi connectivity index (χ1n) is 7.47. The number of benzene rings is 1. The summed E-state index contributed by atoms with van der Waals surface area (Å²) in [5.41, 5.74) is 0.403. The lowest BCUT2D eigenvalue weighted by Gasteiger charge is -2.31. The third-order valence-electron chi connectivity index (χ3n) is 4.17. The predicted octanol–water partition coefficient (Wildman–Crippen LogP) is 2.28. The number of β-amino-alcohol motifs (C(OH)–C–C–N with tert-alkyl or cyclic N) is 1. The Kier molecular flexibility index (Phi) is 5.52. The van der Waals surface area contributed by atoms with Gasteiger partial charge in [0.05, 0.1) is 6.10 Å². The van der Waals surface area contributed by atoms with Crippen molar-refractivity contribution in [2.75, 3.05) is 33.2 Å². The highest BCUT2D eigenvalue weighted by atomic mass is 19.1. The van der Waals surface area contributed by atoms with E-state index in [1.807, 2.05) is 0 Å². The summed E-state index contributed by atoms with van der Waals surface area (Å²) < 4.78 is 13.7. The van der Waals surface area contributed by atoms with Crippen molar-refractivity contribution in [3.05, 3.63) is 35.6 Å². The number of nitrogens with zero attached hydrogens (tertiary/aromatic N) is 2. The van der Waals surface area contributed by atoms with E-state index in [1.165, 1.54) is 6.07 Å². The van der Waals surface area contributed by atoms with Crippen LogP contribution in [0.4, 0.5) is 4.39 Å². The van der Waals surface area contributed by atoms with Crippen molar-refractivity contribution in [2.24, 2.45) is 0 Å². The average Bonchev–Trinajstić information content (AvgIpc) is 2.61. The Morgan fingerprint density at radius 2 is 2.10 bits per heavy atom. The van der Waals surface area contributed by atoms with Crippen molar-refractivity contribution < 1.29 is 9.50 Å². The van der Waals surface area contributed by atoms with Gasteiger partial charge in [0.2, 0.25) is 0 Å². The zero-order valence-corrected chi connectivity index (χ0v) is 12.4. The lowest BCUT2D eigenvalue weighted by Crippen LogP contribution is -2.41. The van der Waals surface area contributed by atoms with Crippen LogP contribution in [-0.2, 0) is 0 Å². The molecule has 0 radical (unpaired) electrons. The average molecular weight is 280 g/mol. The fourth-order valence-electron chi connectivity index (χ4n) is 2.99.